The predicted octanol–water partition coefficient (Wildman–Crippen LogP) is 2.02. The third kappa shape index (κ3) is 2.80. The second kappa shape index (κ2) is 4.94. The van der Waals surface area contributed by atoms with E-state index >= 15 is 0 Å². The molecule has 1 aromatic rings. The lowest BCUT2D eigenvalue weighted by atomic mass is 10.1. The Morgan fingerprint density at radius 3 is 2.60 bits per heavy atom. The zero-order valence-corrected chi connectivity index (χ0v) is 9.28. The van der Waals surface area contributed by atoms with E-state index in [0.29, 0.717) is 5.56 Å². The third-order valence-corrected chi connectivity index (χ3v) is 2.28. The Balaban J connectivity index is 3.32. The summed E-state index contributed by atoms with van der Waals surface area (Å²) in [6, 6.07) is 5.05. The smallest absolute Gasteiger partial charge is 0.220 e. The lowest BCUT2D eigenvalue weighted by Crippen LogP contribution is -1.99. The van der Waals surface area contributed by atoms with Crippen LogP contribution < -0.4 is 5.43 Å². The molecular formula is C12H16O3. The molecule has 0 amide bonds. The van der Waals surface area contributed by atoms with Crippen LogP contribution in [0.5, 0.6) is 5.75 Å². The van der Waals surface area contributed by atoms with Crippen LogP contribution in [-0.4, -0.2) is 12.2 Å². The van der Waals surface area contributed by atoms with Crippen molar-refractivity contribution in [1.82, 2.24) is 0 Å². The minimum Gasteiger partial charge on any atom is -0.504 e. The summed E-state index contributed by atoms with van der Waals surface area (Å²) in [5, 5.41) is 9.60. The van der Waals surface area contributed by atoms with Gasteiger partial charge in [-0.05, 0) is 17.5 Å². The van der Waals surface area contributed by atoms with E-state index in [1.807, 2.05) is 19.9 Å². The molecule has 0 saturated carbocycles. The van der Waals surface area contributed by atoms with Crippen molar-refractivity contribution in [3.8, 4) is 5.75 Å². The van der Waals surface area contributed by atoms with Crippen molar-refractivity contribution in [2.75, 3.05) is 7.11 Å². The molecule has 1 aromatic carbocycles. The Bertz CT molecular complexity index is 397. The van der Waals surface area contributed by atoms with Crippen LogP contribution in [0, 0.1) is 0 Å². The number of hydrogen-bond donors (Lipinski definition) is 1. The second-order valence-electron chi connectivity index (χ2n) is 3.80. The SMILES string of the molecule is COCc1ccc(C(C)C)cc(=O)c1O. The van der Waals surface area contributed by atoms with Crippen LogP contribution in [0.2, 0.25) is 0 Å². The molecule has 0 aliphatic carbocycles. The Kier molecular flexibility index (Phi) is 3.86. The van der Waals surface area contributed by atoms with Gasteiger partial charge < -0.3 is 9.84 Å². The highest BCUT2D eigenvalue weighted by Crippen LogP contribution is 2.16. The zero-order chi connectivity index (χ0) is 11.4. The summed E-state index contributed by atoms with van der Waals surface area (Å²) < 4.78 is 4.91. The number of methoxy groups -OCH3 is 1. The van der Waals surface area contributed by atoms with Gasteiger partial charge in [-0.2, -0.15) is 0 Å². The average molecular weight is 208 g/mol. The molecular weight excluding hydrogens is 192 g/mol. The highest BCUT2D eigenvalue weighted by Gasteiger charge is 2.06. The van der Waals surface area contributed by atoms with Gasteiger partial charge in [0.15, 0.2) is 5.75 Å². The predicted molar refractivity (Wildman–Crippen MR) is 59.2 cm³/mol. The molecule has 0 aliphatic heterocycles. The number of ether oxygens (including phenoxy) is 1. The molecule has 0 radical (unpaired) electrons. The fourth-order valence-electron chi connectivity index (χ4n) is 1.33. The maximum Gasteiger partial charge on any atom is 0.220 e. The molecule has 0 aromatic heterocycles. The second-order valence-corrected chi connectivity index (χ2v) is 3.80. The molecule has 15 heavy (non-hydrogen) atoms. The summed E-state index contributed by atoms with van der Waals surface area (Å²) in [6.45, 7) is 4.25. The maximum atomic E-state index is 11.5. The molecule has 3 nitrogen and oxygen atoms in total. The van der Waals surface area contributed by atoms with E-state index < -0.39 is 0 Å². The molecule has 0 heterocycles. The molecule has 0 atom stereocenters. The number of hydrogen-bond acceptors (Lipinski definition) is 3. The molecule has 3 heteroatoms. The highest BCUT2D eigenvalue weighted by molar-refractivity contribution is 5.33. The van der Waals surface area contributed by atoms with E-state index in [2.05, 4.69) is 0 Å². The van der Waals surface area contributed by atoms with Gasteiger partial charge in [-0.1, -0.05) is 26.0 Å². The van der Waals surface area contributed by atoms with Gasteiger partial charge in [-0.15, -0.1) is 0 Å². The molecule has 82 valence electrons. The molecule has 0 saturated heterocycles. The number of aromatic hydroxyl groups is 1. The Hall–Kier alpha value is -1.35. The summed E-state index contributed by atoms with van der Waals surface area (Å²) in [5.74, 6) is 0.0450. The largest absolute Gasteiger partial charge is 0.504 e. The lowest BCUT2D eigenvalue weighted by molar-refractivity contribution is 0.182. The molecule has 0 bridgehead atoms. The minimum atomic E-state index is -0.351. The standard InChI is InChI=1S/C12H16O3/c1-8(2)9-4-5-10(7-15-3)12(14)11(13)6-9/h4-6,8H,7H2,1-3H3,(H,13,14). The maximum absolute atomic E-state index is 11.5. The van der Waals surface area contributed by atoms with Gasteiger partial charge in [0.05, 0.1) is 6.61 Å². The summed E-state index contributed by atoms with van der Waals surface area (Å²) >= 11 is 0. The van der Waals surface area contributed by atoms with Gasteiger partial charge >= 0.3 is 0 Å². The summed E-state index contributed by atoms with van der Waals surface area (Å²) in [6.07, 6.45) is 0. The van der Waals surface area contributed by atoms with Gasteiger partial charge in [0.2, 0.25) is 5.43 Å². The Morgan fingerprint density at radius 2 is 2.07 bits per heavy atom. The van der Waals surface area contributed by atoms with Crippen molar-refractivity contribution in [3.63, 3.8) is 0 Å². The monoisotopic (exact) mass is 208 g/mol. The van der Waals surface area contributed by atoms with Crippen LogP contribution in [0.3, 0.4) is 0 Å². The first kappa shape index (κ1) is 11.7. The van der Waals surface area contributed by atoms with Crippen LogP contribution in [0.25, 0.3) is 0 Å². The molecule has 0 fully saturated rings. The number of rotatable bonds is 3. The molecule has 0 aliphatic rings. The fraction of sp³-hybridized carbons (Fsp3) is 0.417. The van der Waals surface area contributed by atoms with E-state index in [4.69, 9.17) is 4.74 Å². The van der Waals surface area contributed by atoms with Crippen molar-refractivity contribution in [3.05, 3.63) is 39.5 Å². The van der Waals surface area contributed by atoms with Crippen molar-refractivity contribution >= 4 is 0 Å². The first-order chi connectivity index (χ1) is 7.06. The summed E-state index contributed by atoms with van der Waals surface area (Å²) in [4.78, 5) is 11.5. The minimum absolute atomic E-state index is 0.219. The van der Waals surface area contributed by atoms with Crippen molar-refractivity contribution in [2.45, 2.75) is 26.4 Å². The molecule has 0 unspecified atom stereocenters. The van der Waals surface area contributed by atoms with Gasteiger partial charge in [0, 0.05) is 12.7 Å². The van der Waals surface area contributed by atoms with Gasteiger partial charge in [0.1, 0.15) is 0 Å². The highest BCUT2D eigenvalue weighted by atomic mass is 16.5. The first-order valence-corrected chi connectivity index (χ1v) is 4.91. The van der Waals surface area contributed by atoms with Gasteiger partial charge in [-0.25, -0.2) is 0 Å². The van der Waals surface area contributed by atoms with Crippen LogP contribution in [-0.2, 0) is 11.3 Å². The summed E-state index contributed by atoms with van der Waals surface area (Å²) in [5.41, 5.74) is 1.09. The lowest BCUT2D eigenvalue weighted by Gasteiger charge is -1.99. The van der Waals surface area contributed by atoms with E-state index in [1.54, 1.807) is 6.07 Å². The topological polar surface area (TPSA) is 46.5 Å². The van der Waals surface area contributed by atoms with Crippen LogP contribution in [0.15, 0.2) is 23.0 Å². The normalized spacial score (nSPS) is 10.7. The van der Waals surface area contributed by atoms with Gasteiger partial charge in [-0.3, -0.25) is 4.79 Å². The first-order valence-electron chi connectivity index (χ1n) is 4.91. The van der Waals surface area contributed by atoms with E-state index in [9.17, 15) is 9.90 Å². The van der Waals surface area contributed by atoms with E-state index in [0.717, 1.165) is 5.56 Å². The average Bonchev–Trinajstić information content (AvgIpc) is 2.31. The third-order valence-electron chi connectivity index (χ3n) is 2.28. The zero-order valence-electron chi connectivity index (χ0n) is 9.28. The van der Waals surface area contributed by atoms with Crippen LogP contribution >= 0.6 is 0 Å². The quantitative estimate of drug-likeness (QED) is 0.826. The Morgan fingerprint density at radius 1 is 1.40 bits per heavy atom. The van der Waals surface area contributed by atoms with E-state index in [-0.39, 0.29) is 23.7 Å². The molecule has 1 rings (SSSR count). The van der Waals surface area contributed by atoms with Crippen molar-refractivity contribution < 1.29 is 9.84 Å². The van der Waals surface area contributed by atoms with Crippen LogP contribution in [0.4, 0.5) is 0 Å². The van der Waals surface area contributed by atoms with Crippen LogP contribution in [0.1, 0.15) is 30.9 Å². The van der Waals surface area contributed by atoms with E-state index in [1.165, 1.54) is 13.2 Å². The van der Waals surface area contributed by atoms with Gasteiger partial charge in [0.25, 0.3) is 0 Å². The Labute approximate surface area is 89.3 Å². The fourth-order valence-corrected chi connectivity index (χ4v) is 1.33. The molecule has 1 N–H and O–H groups in total. The summed E-state index contributed by atoms with van der Waals surface area (Å²) in [7, 11) is 1.53. The van der Waals surface area contributed by atoms with Crippen molar-refractivity contribution in [2.24, 2.45) is 0 Å². The molecule has 0 spiro atoms. The van der Waals surface area contributed by atoms with Crippen molar-refractivity contribution in [1.29, 1.82) is 0 Å².